The predicted molar refractivity (Wildman–Crippen MR) is 71.0 cm³/mol. The van der Waals surface area contributed by atoms with Gasteiger partial charge in [0.25, 0.3) is 0 Å². The summed E-state index contributed by atoms with van der Waals surface area (Å²) >= 11 is 1.80. The summed E-state index contributed by atoms with van der Waals surface area (Å²) < 4.78 is 0. The average molecular weight is 238 g/mol. The molecule has 1 unspecified atom stereocenters. The summed E-state index contributed by atoms with van der Waals surface area (Å²) in [5.41, 5.74) is 2.89. The zero-order chi connectivity index (χ0) is 11.5. The fraction of sp³-hybridized carbons (Fsp3) is 0.692. The second kappa shape index (κ2) is 5.30. The zero-order valence-electron chi connectivity index (χ0n) is 10.5. The molecule has 2 heterocycles. The molecule has 2 nitrogen and oxygen atoms in total. The molecule has 16 heavy (non-hydrogen) atoms. The molecule has 1 saturated heterocycles. The molecule has 0 spiro atoms. The van der Waals surface area contributed by atoms with Crippen molar-refractivity contribution in [3.63, 3.8) is 0 Å². The highest BCUT2D eigenvalue weighted by Gasteiger charge is 2.23. The van der Waals surface area contributed by atoms with Crippen LogP contribution in [0.4, 0.5) is 0 Å². The van der Waals surface area contributed by atoms with Crippen LogP contribution in [0.3, 0.4) is 0 Å². The molecule has 0 saturated carbocycles. The van der Waals surface area contributed by atoms with E-state index in [1.165, 1.54) is 30.6 Å². The van der Waals surface area contributed by atoms with Crippen LogP contribution in [-0.4, -0.2) is 30.1 Å². The van der Waals surface area contributed by atoms with Crippen molar-refractivity contribution in [1.82, 2.24) is 10.2 Å². The van der Waals surface area contributed by atoms with E-state index in [0.717, 1.165) is 6.54 Å². The largest absolute Gasteiger partial charge is 0.309 e. The summed E-state index contributed by atoms with van der Waals surface area (Å²) in [5.74, 6) is 0. The van der Waals surface area contributed by atoms with Crippen molar-refractivity contribution < 1.29 is 0 Å². The topological polar surface area (TPSA) is 15.3 Å². The van der Waals surface area contributed by atoms with Gasteiger partial charge in [-0.15, -0.1) is 0 Å². The van der Waals surface area contributed by atoms with Gasteiger partial charge in [0.1, 0.15) is 0 Å². The molecule has 1 N–H and O–H groups in total. The molecule has 0 bridgehead atoms. The third kappa shape index (κ3) is 2.84. The van der Waals surface area contributed by atoms with Crippen LogP contribution < -0.4 is 5.32 Å². The normalized spacial score (nSPS) is 22.1. The van der Waals surface area contributed by atoms with Gasteiger partial charge in [0, 0.05) is 25.2 Å². The third-order valence-corrected chi connectivity index (χ3v) is 4.40. The first-order chi connectivity index (χ1) is 7.66. The molecule has 3 heteroatoms. The molecular weight excluding hydrogens is 216 g/mol. The molecule has 0 aromatic carbocycles. The second-order valence-corrected chi connectivity index (χ2v) is 5.78. The number of hydrogen-bond donors (Lipinski definition) is 1. The first-order valence-corrected chi connectivity index (χ1v) is 7.10. The molecule has 0 radical (unpaired) electrons. The molecule has 1 aliphatic rings. The van der Waals surface area contributed by atoms with Crippen LogP contribution in [0.2, 0.25) is 0 Å². The molecule has 2 rings (SSSR count). The summed E-state index contributed by atoms with van der Waals surface area (Å²) in [7, 11) is 0. The third-order valence-electron chi connectivity index (χ3n) is 3.49. The number of nitrogens with one attached hydrogen (secondary N) is 1. The van der Waals surface area contributed by atoms with E-state index in [1.54, 1.807) is 11.3 Å². The van der Waals surface area contributed by atoms with Crippen LogP contribution >= 0.6 is 11.3 Å². The maximum atomic E-state index is 3.67. The monoisotopic (exact) mass is 238 g/mol. The summed E-state index contributed by atoms with van der Waals surface area (Å²) in [4.78, 5) is 2.55. The highest BCUT2D eigenvalue weighted by molar-refractivity contribution is 7.08. The molecule has 90 valence electrons. The van der Waals surface area contributed by atoms with Gasteiger partial charge in [0.2, 0.25) is 0 Å². The maximum Gasteiger partial charge on any atom is 0.0219 e. The Morgan fingerprint density at radius 3 is 2.88 bits per heavy atom. The van der Waals surface area contributed by atoms with Gasteiger partial charge in [0.05, 0.1) is 0 Å². The Hall–Kier alpha value is -0.380. The summed E-state index contributed by atoms with van der Waals surface area (Å²) in [5, 5.41) is 8.16. The lowest BCUT2D eigenvalue weighted by Crippen LogP contribution is -2.34. The van der Waals surface area contributed by atoms with E-state index in [1.807, 2.05) is 0 Å². The zero-order valence-corrected chi connectivity index (χ0v) is 11.3. The van der Waals surface area contributed by atoms with Crippen LogP contribution in [0.1, 0.15) is 31.4 Å². The summed E-state index contributed by atoms with van der Waals surface area (Å²) in [6.07, 6.45) is 1.29. The Kier molecular flexibility index (Phi) is 4.00. The van der Waals surface area contributed by atoms with Crippen molar-refractivity contribution in [2.24, 2.45) is 0 Å². The van der Waals surface area contributed by atoms with Crippen molar-refractivity contribution in [2.45, 2.75) is 45.8 Å². The Balaban J connectivity index is 1.78. The van der Waals surface area contributed by atoms with E-state index in [0.29, 0.717) is 12.1 Å². The molecular formula is C13H22N2S. The van der Waals surface area contributed by atoms with Gasteiger partial charge < -0.3 is 5.32 Å². The lowest BCUT2D eigenvalue weighted by Gasteiger charge is -2.20. The number of thiophene rings is 1. The van der Waals surface area contributed by atoms with E-state index < -0.39 is 0 Å². The van der Waals surface area contributed by atoms with Gasteiger partial charge >= 0.3 is 0 Å². The molecule has 1 aromatic heterocycles. The van der Waals surface area contributed by atoms with E-state index in [9.17, 15) is 0 Å². The van der Waals surface area contributed by atoms with Gasteiger partial charge in [-0.3, -0.25) is 4.90 Å². The minimum Gasteiger partial charge on any atom is -0.309 e. The average Bonchev–Trinajstić information content (AvgIpc) is 2.83. The Morgan fingerprint density at radius 1 is 1.50 bits per heavy atom. The number of aryl methyl sites for hydroxylation is 1. The quantitative estimate of drug-likeness (QED) is 0.867. The molecule has 0 amide bonds. The highest BCUT2D eigenvalue weighted by Crippen LogP contribution is 2.16. The van der Waals surface area contributed by atoms with Crippen LogP contribution in [-0.2, 0) is 6.54 Å². The standard InChI is InChI=1S/C13H22N2S/c1-10(2)15-5-4-13(7-15)14-6-12-9-16-8-11(12)3/h8-10,13-14H,4-7H2,1-3H3. The summed E-state index contributed by atoms with van der Waals surface area (Å²) in [6, 6.07) is 1.37. The molecule has 1 fully saturated rings. The number of hydrogen-bond acceptors (Lipinski definition) is 3. The maximum absolute atomic E-state index is 3.67. The molecule has 1 aliphatic heterocycles. The van der Waals surface area contributed by atoms with Crippen molar-refractivity contribution in [2.75, 3.05) is 13.1 Å². The number of likely N-dealkylation sites (tertiary alicyclic amines) is 1. The van der Waals surface area contributed by atoms with E-state index in [4.69, 9.17) is 0 Å². The van der Waals surface area contributed by atoms with Crippen molar-refractivity contribution in [1.29, 1.82) is 0 Å². The fourth-order valence-corrected chi connectivity index (χ4v) is 3.10. The second-order valence-electron chi connectivity index (χ2n) is 5.04. The SMILES string of the molecule is Cc1cscc1CNC1CCN(C(C)C)C1. The van der Waals surface area contributed by atoms with Crippen molar-refractivity contribution >= 4 is 11.3 Å². The van der Waals surface area contributed by atoms with Gasteiger partial charge in [-0.25, -0.2) is 0 Å². The lowest BCUT2D eigenvalue weighted by molar-refractivity contribution is 0.268. The Morgan fingerprint density at radius 2 is 2.31 bits per heavy atom. The molecule has 1 aromatic rings. The van der Waals surface area contributed by atoms with Crippen molar-refractivity contribution in [3.8, 4) is 0 Å². The van der Waals surface area contributed by atoms with E-state index in [-0.39, 0.29) is 0 Å². The fourth-order valence-electron chi connectivity index (χ4n) is 2.25. The predicted octanol–water partition coefficient (Wildman–Crippen LogP) is 2.63. The Labute approximate surface area is 103 Å². The van der Waals surface area contributed by atoms with Crippen LogP contribution in [0.15, 0.2) is 10.8 Å². The molecule has 0 aliphatic carbocycles. The minimum absolute atomic E-state index is 0.682. The lowest BCUT2D eigenvalue weighted by atomic mass is 10.2. The smallest absolute Gasteiger partial charge is 0.0219 e. The first-order valence-electron chi connectivity index (χ1n) is 6.16. The van der Waals surface area contributed by atoms with Crippen molar-refractivity contribution in [3.05, 3.63) is 21.9 Å². The van der Waals surface area contributed by atoms with Crippen LogP contribution in [0.5, 0.6) is 0 Å². The van der Waals surface area contributed by atoms with Gasteiger partial charge in [-0.1, -0.05) is 0 Å². The van der Waals surface area contributed by atoms with E-state index in [2.05, 4.69) is 41.7 Å². The number of nitrogens with zero attached hydrogens (tertiary/aromatic N) is 1. The van der Waals surface area contributed by atoms with Crippen LogP contribution in [0, 0.1) is 6.92 Å². The number of rotatable bonds is 4. The highest BCUT2D eigenvalue weighted by atomic mass is 32.1. The van der Waals surface area contributed by atoms with Crippen LogP contribution in [0.25, 0.3) is 0 Å². The minimum atomic E-state index is 0.682. The molecule has 1 atom stereocenters. The Bertz CT molecular complexity index is 332. The first kappa shape index (κ1) is 12.1. The van der Waals surface area contributed by atoms with Gasteiger partial charge in [-0.05, 0) is 55.6 Å². The van der Waals surface area contributed by atoms with Gasteiger partial charge in [0.15, 0.2) is 0 Å². The van der Waals surface area contributed by atoms with Gasteiger partial charge in [-0.2, -0.15) is 11.3 Å². The van der Waals surface area contributed by atoms with E-state index >= 15 is 0 Å². The summed E-state index contributed by atoms with van der Waals surface area (Å²) in [6.45, 7) is 10.3.